The van der Waals surface area contributed by atoms with Crippen molar-refractivity contribution in [3.05, 3.63) is 49.3 Å². The second-order valence-corrected chi connectivity index (χ2v) is 7.61. The molecule has 19 heavy (non-hydrogen) atoms. The van der Waals surface area contributed by atoms with Gasteiger partial charge in [-0.2, -0.15) is 0 Å². The lowest BCUT2D eigenvalue weighted by Crippen LogP contribution is -2.23. The van der Waals surface area contributed by atoms with Crippen LogP contribution in [0.4, 0.5) is 0 Å². The Kier molecular flexibility index (Phi) is 6.01. The van der Waals surface area contributed by atoms with E-state index in [0.29, 0.717) is 6.04 Å². The Labute approximate surface area is 134 Å². The van der Waals surface area contributed by atoms with Gasteiger partial charge in [-0.05, 0) is 79.9 Å². The Bertz CT molecular complexity index is 528. The van der Waals surface area contributed by atoms with Gasteiger partial charge in [0, 0.05) is 22.9 Å². The summed E-state index contributed by atoms with van der Waals surface area (Å²) in [7, 11) is 0. The maximum atomic E-state index is 4.24. The third-order valence-corrected chi connectivity index (χ3v) is 4.79. The van der Waals surface area contributed by atoms with Crippen LogP contribution in [-0.4, -0.2) is 11.5 Å². The van der Waals surface area contributed by atoms with E-state index in [9.17, 15) is 0 Å². The molecule has 2 nitrogen and oxygen atoms in total. The summed E-state index contributed by atoms with van der Waals surface area (Å²) in [6, 6.07) is 4.68. The van der Waals surface area contributed by atoms with E-state index >= 15 is 0 Å². The van der Waals surface area contributed by atoms with E-state index in [4.69, 9.17) is 0 Å². The Morgan fingerprint density at radius 3 is 2.79 bits per heavy atom. The van der Waals surface area contributed by atoms with Crippen LogP contribution in [0.3, 0.4) is 0 Å². The molecule has 0 spiro atoms. The average molecular weight is 404 g/mol. The highest BCUT2D eigenvalue weighted by atomic mass is 79.9. The van der Waals surface area contributed by atoms with Crippen molar-refractivity contribution in [1.29, 1.82) is 0 Å². The SMILES string of the molecule is CCCNC(Cc1cncc(Br)c1)c1csc(Br)c1. The average Bonchev–Trinajstić information content (AvgIpc) is 2.81. The van der Waals surface area contributed by atoms with Crippen LogP contribution in [0.25, 0.3) is 0 Å². The zero-order chi connectivity index (χ0) is 13.7. The van der Waals surface area contributed by atoms with E-state index < -0.39 is 0 Å². The highest BCUT2D eigenvalue weighted by Gasteiger charge is 2.13. The van der Waals surface area contributed by atoms with E-state index in [1.807, 2.05) is 12.4 Å². The quantitative estimate of drug-likeness (QED) is 0.737. The third kappa shape index (κ3) is 4.67. The molecular formula is C14H16Br2N2S. The van der Waals surface area contributed by atoms with Crippen LogP contribution in [0.2, 0.25) is 0 Å². The summed E-state index contributed by atoms with van der Waals surface area (Å²) < 4.78 is 2.21. The summed E-state index contributed by atoms with van der Waals surface area (Å²) in [4.78, 5) is 4.24. The number of rotatable bonds is 6. The summed E-state index contributed by atoms with van der Waals surface area (Å²) >= 11 is 8.74. The second kappa shape index (κ2) is 7.53. The van der Waals surface area contributed by atoms with Crippen molar-refractivity contribution in [3.8, 4) is 0 Å². The van der Waals surface area contributed by atoms with E-state index in [1.54, 1.807) is 11.3 Å². The molecule has 0 saturated carbocycles. The van der Waals surface area contributed by atoms with Gasteiger partial charge < -0.3 is 5.32 Å². The second-order valence-electron chi connectivity index (χ2n) is 4.41. The highest BCUT2D eigenvalue weighted by Crippen LogP contribution is 2.27. The minimum atomic E-state index is 0.346. The zero-order valence-electron chi connectivity index (χ0n) is 10.7. The van der Waals surface area contributed by atoms with Gasteiger partial charge >= 0.3 is 0 Å². The third-order valence-electron chi connectivity index (χ3n) is 2.83. The standard InChI is InChI=1S/C14H16Br2N2S/c1-2-3-18-13(11-6-14(16)19-9-11)5-10-4-12(15)8-17-7-10/h4,6-9,13,18H,2-3,5H2,1H3. The van der Waals surface area contributed by atoms with Crippen molar-refractivity contribution in [2.24, 2.45) is 0 Å². The highest BCUT2D eigenvalue weighted by molar-refractivity contribution is 9.11. The van der Waals surface area contributed by atoms with Crippen molar-refractivity contribution < 1.29 is 0 Å². The first-order valence-electron chi connectivity index (χ1n) is 6.25. The summed E-state index contributed by atoms with van der Waals surface area (Å²) in [5.74, 6) is 0. The molecule has 2 rings (SSSR count). The molecule has 0 aliphatic heterocycles. The topological polar surface area (TPSA) is 24.9 Å². The van der Waals surface area contributed by atoms with Crippen molar-refractivity contribution in [1.82, 2.24) is 10.3 Å². The fraction of sp³-hybridized carbons (Fsp3) is 0.357. The normalized spacial score (nSPS) is 12.6. The Balaban J connectivity index is 2.13. The first-order chi connectivity index (χ1) is 9.19. The molecule has 0 saturated heterocycles. The summed E-state index contributed by atoms with van der Waals surface area (Å²) in [5, 5.41) is 5.82. The number of hydrogen-bond donors (Lipinski definition) is 1. The van der Waals surface area contributed by atoms with Crippen molar-refractivity contribution in [2.75, 3.05) is 6.54 Å². The van der Waals surface area contributed by atoms with E-state index in [1.165, 1.54) is 14.9 Å². The monoisotopic (exact) mass is 402 g/mol. The van der Waals surface area contributed by atoms with Crippen molar-refractivity contribution >= 4 is 43.2 Å². The molecule has 0 aromatic carbocycles. The zero-order valence-corrected chi connectivity index (χ0v) is 14.7. The van der Waals surface area contributed by atoms with Crippen molar-refractivity contribution in [3.63, 3.8) is 0 Å². The first kappa shape index (κ1) is 15.2. The maximum absolute atomic E-state index is 4.24. The van der Waals surface area contributed by atoms with Gasteiger partial charge in [-0.3, -0.25) is 4.98 Å². The summed E-state index contributed by atoms with van der Waals surface area (Å²) in [6.07, 6.45) is 5.85. The molecule has 0 aliphatic rings. The van der Waals surface area contributed by atoms with Crippen molar-refractivity contribution in [2.45, 2.75) is 25.8 Å². The van der Waals surface area contributed by atoms with E-state index in [2.05, 4.69) is 66.6 Å². The molecule has 2 aromatic heterocycles. The molecular weight excluding hydrogens is 388 g/mol. The summed E-state index contributed by atoms with van der Waals surface area (Å²) in [5.41, 5.74) is 2.58. The van der Waals surface area contributed by atoms with E-state index in [0.717, 1.165) is 23.9 Å². The number of pyridine rings is 1. The molecule has 5 heteroatoms. The van der Waals surface area contributed by atoms with Gasteiger partial charge in [0.1, 0.15) is 0 Å². The minimum Gasteiger partial charge on any atom is -0.310 e. The van der Waals surface area contributed by atoms with Gasteiger partial charge in [0.15, 0.2) is 0 Å². The van der Waals surface area contributed by atoms with Crippen LogP contribution in [0.1, 0.15) is 30.5 Å². The molecule has 0 bridgehead atoms. The minimum absolute atomic E-state index is 0.346. The number of hydrogen-bond acceptors (Lipinski definition) is 3. The fourth-order valence-electron chi connectivity index (χ4n) is 1.94. The van der Waals surface area contributed by atoms with Gasteiger partial charge in [0.2, 0.25) is 0 Å². The fourth-order valence-corrected chi connectivity index (χ4v) is 3.58. The van der Waals surface area contributed by atoms with Gasteiger partial charge in [-0.15, -0.1) is 11.3 Å². The van der Waals surface area contributed by atoms with Crippen LogP contribution in [-0.2, 0) is 6.42 Å². The number of aromatic nitrogens is 1. The van der Waals surface area contributed by atoms with Gasteiger partial charge in [-0.1, -0.05) is 6.92 Å². The molecule has 2 aromatic rings. The van der Waals surface area contributed by atoms with E-state index in [-0.39, 0.29) is 0 Å². The lowest BCUT2D eigenvalue weighted by molar-refractivity contribution is 0.530. The number of nitrogens with one attached hydrogen (secondary N) is 1. The molecule has 0 fully saturated rings. The molecule has 1 atom stereocenters. The number of halogens is 2. The lowest BCUT2D eigenvalue weighted by Gasteiger charge is -2.17. The summed E-state index contributed by atoms with van der Waals surface area (Å²) in [6.45, 7) is 3.22. The predicted octanol–water partition coefficient (Wildman–Crippen LogP) is 4.95. The first-order valence-corrected chi connectivity index (χ1v) is 8.72. The predicted molar refractivity (Wildman–Crippen MR) is 88.7 cm³/mol. The number of thiophene rings is 1. The lowest BCUT2D eigenvalue weighted by atomic mass is 10.0. The van der Waals surface area contributed by atoms with Gasteiger partial charge in [-0.25, -0.2) is 0 Å². The Hall–Kier alpha value is -0.230. The molecule has 0 aliphatic carbocycles. The van der Waals surface area contributed by atoms with Crippen LogP contribution in [0, 0.1) is 0 Å². The molecule has 0 amide bonds. The van der Waals surface area contributed by atoms with Crippen LogP contribution in [0.5, 0.6) is 0 Å². The smallest absolute Gasteiger partial charge is 0.0701 e. The van der Waals surface area contributed by atoms with Gasteiger partial charge in [0.25, 0.3) is 0 Å². The number of nitrogens with zero attached hydrogens (tertiary/aromatic N) is 1. The Morgan fingerprint density at radius 1 is 1.32 bits per heavy atom. The van der Waals surface area contributed by atoms with Gasteiger partial charge in [0.05, 0.1) is 3.79 Å². The molecule has 1 unspecified atom stereocenters. The molecule has 1 N–H and O–H groups in total. The Morgan fingerprint density at radius 2 is 2.16 bits per heavy atom. The maximum Gasteiger partial charge on any atom is 0.0701 e. The van der Waals surface area contributed by atoms with Crippen LogP contribution < -0.4 is 5.32 Å². The molecule has 0 radical (unpaired) electrons. The van der Waals surface area contributed by atoms with Crippen LogP contribution >= 0.6 is 43.2 Å². The largest absolute Gasteiger partial charge is 0.310 e. The van der Waals surface area contributed by atoms with Crippen LogP contribution in [0.15, 0.2) is 38.2 Å². The molecule has 2 heterocycles. The molecule has 102 valence electrons.